The zero-order chi connectivity index (χ0) is 20.1. The molecule has 1 N–H and O–H groups in total. The number of rotatable bonds is 6. The van der Waals surface area contributed by atoms with Crippen LogP contribution in [0.4, 0.5) is 11.4 Å². The van der Waals surface area contributed by atoms with Crippen molar-refractivity contribution in [3.05, 3.63) is 51.3 Å². The van der Waals surface area contributed by atoms with Crippen molar-refractivity contribution in [2.45, 2.75) is 33.4 Å². The fourth-order valence-electron chi connectivity index (χ4n) is 2.44. The van der Waals surface area contributed by atoms with Crippen molar-refractivity contribution < 1.29 is 19.2 Å². The largest absolute Gasteiger partial charge is 0.451 e. The van der Waals surface area contributed by atoms with Crippen molar-refractivity contribution in [1.29, 1.82) is 5.26 Å². The number of hydrogen-bond donors (Lipinski definition) is 1. The molecule has 140 valence electrons. The van der Waals surface area contributed by atoms with E-state index in [0.29, 0.717) is 5.69 Å². The summed E-state index contributed by atoms with van der Waals surface area (Å²) >= 11 is 0. The molecule has 0 aliphatic rings. The van der Waals surface area contributed by atoms with Crippen LogP contribution in [0.5, 0.6) is 0 Å². The monoisotopic (exact) mass is 371 g/mol. The summed E-state index contributed by atoms with van der Waals surface area (Å²) in [4.78, 5) is 34.7. The van der Waals surface area contributed by atoms with E-state index in [9.17, 15) is 19.7 Å². The maximum absolute atomic E-state index is 12.2. The van der Waals surface area contributed by atoms with Gasteiger partial charge in [-0.2, -0.15) is 10.4 Å². The first-order valence-electron chi connectivity index (χ1n) is 7.92. The lowest BCUT2D eigenvalue weighted by molar-refractivity contribution is -0.386. The van der Waals surface area contributed by atoms with E-state index in [0.717, 1.165) is 4.68 Å². The van der Waals surface area contributed by atoms with Gasteiger partial charge < -0.3 is 10.1 Å². The van der Waals surface area contributed by atoms with E-state index in [1.807, 2.05) is 6.07 Å². The second kappa shape index (κ2) is 8.09. The smallest absolute Gasteiger partial charge is 0.328 e. The van der Waals surface area contributed by atoms with E-state index in [2.05, 4.69) is 10.4 Å². The van der Waals surface area contributed by atoms with Gasteiger partial charge >= 0.3 is 11.7 Å². The highest BCUT2D eigenvalue weighted by molar-refractivity contribution is 5.96. The van der Waals surface area contributed by atoms with E-state index in [1.165, 1.54) is 20.8 Å². The number of esters is 1. The van der Waals surface area contributed by atoms with Gasteiger partial charge in [-0.1, -0.05) is 12.1 Å². The second-order valence-corrected chi connectivity index (χ2v) is 5.71. The number of anilines is 1. The minimum atomic E-state index is -1.13. The third-order valence-electron chi connectivity index (χ3n) is 3.79. The van der Waals surface area contributed by atoms with Crippen molar-refractivity contribution in [2.24, 2.45) is 0 Å². The lowest BCUT2D eigenvalue weighted by Crippen LogP contribution is -2.31. The Bertz CT molecular complexity index is 944. The summed E-state index contributed by atoms with van der Waals surface area (Å²) in [7, 11) is 0. The number of para-hydroxylation sites is 1. The molecule has 2 rings (SSSR count). The van der Waals surface area contributed by atoms with Gasteiger partial charge in [0, 0.05) is 0 Å². The number of nitro groups is 1. The number of nitrogens with zero attached hydrogens (tertiary/aromatic N) is 4. The number of nitriles is 1. The van der Waals surface area contributed by atoms with Crippen molar-refractivity contribution in [2.75, 3.05) is 5.32 Å². The van der Waals surface area contributed by atoms with Gasteiger partial charge in [0.05, 0.1) is 16.2 Å². The van der Waals surface area contributed by atoms with Gasteiger partial charge in [-0.15, -0.1) is 0 Å². The maximum Gasteiger partial charge on any atom is 0.328 e. The van der Waals surface area contributed by atoms with E-state index < -0.39 is 22.9 Å². The van der Waals surface area contributed by atoms with Crippen LogP contribution in [0.15, 0.2) is 24.3 Å². The molecule has 10 nitrogen and oxygen atoms in total. The first-order chi connectivity index (χ1) is 12.7. The van der Waals surface area contributed by atoms with E-state index in [4.69, 9.17) is 10.00 Å². The molecule has 1 atom stereocenters. The number of nitrogens with one attached hydrogen (secondary N) is 1. The van der Waals surface area contributed by atoms with Crippen molar-refractivity contribution in [3.8, 4) is 6.07 Å². The fraction of sp³-hybridized carbons (Fsp3) is 0.294. The van der Waals surface area contributed by atoms with Crippen molar-refractivity contribution >= 4 is 23.3 Å². The normalized spacial score (nSPS) is 11.3. The van der Waals surface area contributed by atoms with Crippen LogP contribution in [0.25, 0.3) is 0 Å². The van der Waals surface area contributed by atoms with Crippen LogP contribution in [0.1, 0.15) is 23.9 Å². The zero-order valence-corrected chi connectivity index (χ0v) is 14.9. The third kappa shape index (κ3) is 4.46. The molecule has 27 heavy (non-hydrogen) atoms. The van der Waals surface area contributed by atoms with Crippen molar-refractivity contribution in [3.63, 3.8) is 0 Å². The number of aromatic nitrogens is 2. The molecule has 0 fully saturated rings. The quantitative estimate of drug-likeness (QED) is 0.464. The average Bonchev–Trinajstić information content (AvgIpc) is 2.88. The molecule has 0 spiro atoms. The van der Waals surface area contributed by atoms with Gasteiger partial charge in [0.25, 0.3) is 5.91 Å². The molecule has 0 saturated heterocycles. The molecule has 0 aliphatic carbocycles. The molecule has 0 bridgehead atoms. The van der Waals surface area contributed by atoms with Gasteiger partial charge in [0.15, 0.2) is 6.10 Å². The van der Waals surface area contributed by atoms with Crippen LogP contribution >= 0.6 is 0 Å². The highest BCUT2D eigenvalue weighted by Gasteiger charge is 2.24. The van der Waals surface area contributed by atoms with Crippen LogP contribution < -0.4 is 5.32 Å². The Hall–Kier alpha value is -3.74. The number of amides is 1. The SMILES string of the molecule is Cc1nn(CC(=O)OC(C)C(=O)Nc2ccccc2C#N)c(C)c1[N+](=O)[O-]. The maximum atomic E-state index is 12.2. The minimum Gasteiger partial charge on any atom is -0.451 e. The van der Waals surface area contributed by atoms with Gasteiger partial charge in [-0.3, -0.25) is 24.4 Å². The molecule has 0 radical (unpaired) electrons. The zero-order valence-electron chi connectivity index (χ0n) is 14.9. The molecule has 2 aromatic rings. The summed E-state index contributed by atoms with van der Waals surface area (Å²) in [5.41, 5.74) is 0.821. The minimum absolute atomic E-state index is 0.165. The van der Waals surface area contributed by atoms with Crippen LogP contribution in [-0.4, -0.2) is 32.7 Å². The van der Waals surface area contributed by atoms with Gasteiger partial charge in [0.1, 0.15) is 24.0 Å². The lowest BCUT2D eigenvalue weighted by Gasteiger charge is -2.14. The predicted octanol–water partition coefficient (Wildman–Crippen LogP) is 1.85. The Labute approximate surface area is 154 Å². The van der Waals surface area contributed by atoms with Crippen LogP contribution in [0.2, 0.25) is 0 Å². The Morgan fingerprint density at radius 3 is 2.67 bits per heavy atom. The second-order valence-electron chi connectivity index (χ2n) is 5.71. The summed E-state index contributed by atoms with van der Waals surface area (Å²) in [5.74, 6) is -1.38. The number of aryl methyl sites for hydroxylation is 1. The Balaban J connectivity index is 2.01. The lowest BCUT2D eigenvalue weighted by atomic mass is 10.2. The standard InChI is InChI=1S/C17H17N5O5/c1-10-16(22(25)26)11(2)21(20-10)9-15(23)27-12(3)17(24)19-14-7-5-4-6-13(14)8-18/h4-7,12H,9H2,1-3H3,(H,19,24). The summed E-state index contributed by atoms with van der Waals surface area (Å²) < 4.78 is 6.22. The molecule has 1 aromatic heterocycles. The topological polar surface area (TPSA) is 140 Å². The molecular weight excluding hydrogens is 354 g/mol. The van der Waals surface area contributed by atoms with Crippen molar-refractivity contribution in [1.82, 2.24) is 9.78 Å². The Morgan fingerprint density at radius 2 is 2.07 bits per heavy atom. The third-order valence-corrected chi connectivity index (χ3v) is 3.79. The Kier molecular flexibility index (Phi) is 5.87. The van der Waals surface area contributed by atoms with Crippen LogP contribution in [0.3, 0.4) is 0 Å². The highest BCUT2D eigenvalue weighted by atomic mass is 16.6. The fourth-order valence-corrected chi connectivity index (χ4v) is 2.44. The molecular formula is C17H17N5O5. The molecule has 0 aliphatic heterocycles. The molecule has 1 amide bonds. The molecule has 0 saturated carbocycles. The number of carbonyl (C=O) groups excluding carboxylic acids is 2. The molecule has 1 heterocycles. The van der Waals surface area contributed by atoms with Gasteiger partial charge in [-0.05, 0) is 32.9 Å². The average molecular weight is 371 g/mol. The number of carbonyl (C=O) groups is 2. The number of ether oxygens (including phenoxy) is 1. The first kappa shape index (κ1) is 19.6. The number of hydrogen-bond acceptors (Lipinski definition) is 7. The van der Waals surface area contributed by atoms with E-state index in [-0.39, 0.29) is 29.2 Å². The number of benzene rings is 1. The molecule has 1 unspecified atom stereocenters. The summed E-state index contributed by atoms with van der Waals surface area (Å²) in [5, 5.41) is 26.5. The first-order valence-corrected chi connectivity index (χ1v) is 7.92. The van der Waals surface area contributed by atoms with Gasteiger partial charge in [0.2, 0.25) is 0 Å². The Morgan fingerprint density at radius 1 is 1.41 bits per heavy atom. The van der Waals surface area contributed by atoms with Crippen LogP contribution in [-0.2, 0) is 20.9 Å². The summed E-state index contributed by atoms with van der Waals surface area (Å²) in [6.07, 6.45) is -1.13. The predicted molar refractivity (Wildman–Crippen MR) is 93.7 cm³/mol. The van der Waals surface area contributed by atoms with Gasteiger partial charge in [-0.25, -0.2) is 0 Å². The highest BCUT2D eigenvalue weighted by Crippen LogP contribution is 2.21. The molecule has 10 heteroatoms. The van der Waals surface area contributed by atoms with Crippen LogP contribution in [0, 0.1) is 35.3 Å². The van der Waals surface area contributed by atoms with E-state index in [1.54, 1.807) is 24.3 Å². The summed E-state index contributed by atoms with van der Waals surface area (Å²) in [6, 6.07) is 8.36. The van der Waals surface area contributed by atoms with E-state index >= 15 is 0 Å². The molecule has 1 aromatic carbocycles. The summed E-state index contributed by atoms with van der Waals surface area (Å²) in [6.45, 7) is 3.95.